The van der Waals surface area contributed by atoms with E-state index in [0.29, 0.717) is 11.8 Å². The Kier molecular flexibility index (Phi) is 3.51. The van der Waals surface area contributed by atoms with E-state index in [9.17, 15) is 4.79 Å². The molecule has 3 atom stereocenters. The van der Waals surface area contributed by atoms with Gasteiger partial charge in [0.1, 0.15) is 5.78 Å². The van der Waals surface area contributed by atoms with Crippen LogP contribution in [0, 0.1) is 5.92 Å². The Hall–Kier alpha value is -0.370. The van der Waals surface area contributed by atoms with Crippen molar-refractivity contribution in [2.45, 2.75) is 76.3 Å². The maximum absolute atomic E-state index is 12.1. The van der Waals surface area contributed by atoms with Gasteiger partial charge in [0.15, 0.2) is 0 Å². The molecule has 0 aromatic rings. The number of carbonyl (C=O) groups excluding carboxylic acids is 1. The quantitative estimate of drug-likeness (QED) is 0.696. The van der Waals surface area contributed by atoms with Crippen molar-refractivity contribution in [3.8, 4) is 0 Å². The average molecular weight is 235 g/mol. The minimum atomic E-state index is 0.301. The number of Topliss-reactive ketones (excluding diaryl/α,β-unsaturated/α-hetero) is 1. The summed E-state index contributed by atoms with van der Waals surface area (Å²) in [5, 5.41) is 0. The predicted molar refractivity (Wildman–Crippen MR) is 68.9 cm³/mol. The van der Waals surface area contributed by atoms with E-state index in [-0.39, 0.29) is 0 Å². The Balaban J connectivity index is 1.73. The molecule has 17 heavy (non-hydrogen) atoms. The Morgan fingerprint density at radius 2 is 1.65 bits per heavy atom. The van der Waals surface area contributed by atoms with Crippen molar-refractivity contribution in [3.05, 3.63) is 0 Å². The van der Waals surface area contributed by atoms with Crippen LogP contribution in [0.2, 0.25) is 0 Å². The second-order valence-electron chi connectivity index (χ2n) is 6.22. The van der Waals surface area contributed by atoms with Crippen LogP contribution in [0.1, 0.15) is 64.2 Å². The summed E-state index contributed by atoms with van der Waals surface area (Å²) < 4.78 is 0. The molecular weight excluding hydrogens is 210 g/mol. The fraction of sp³-hybridized carbons (Fsp3) is 0.933. The third-order valence-electron chi connectivity index (χ3n) is 5.21. The zero-order valence-electron chi connectivity index (χ0n) is 10.9. The highest BCUT2D eigenvalue weighted by atomic mass is 16.1. The van der Waals surface area contributed by atoms with Crippen LogP contribution in [0.4, 0.5) is 0 Å². The van der Waals surface area contributed by atoms with Crippen molar-refractivity contribution in [2.75, 3.05) is 6.54 Å². The summed E-state index contributed by atoms with van der Waals surface area (Å²) in [7, 11) is 0. The lowest BCUT2D eigenvalue weighted by atomic mass is 9.76. The highest BCUT2D eigenvalue weighted by molar-refractivity contribution is 5.84. The molecule has 1 saturated heterocycles. The van der Waals surface area contributed by atoms with Crippen molar-refractivity contribution in [1.29, 1.82) is 0 Å². The van der Waals surface area contributed by atoms with E-state index >= 15 is 0 Å². The zero-order valence-corrected chi connectivity index (χ0v) is 10.9. The highest BCUT2D eigenvalue weighted by Gasteiger charge is 2.39. The van der Waals surface area contributed by atoms with Crippen molar-refractivity contribution < 1.29 is 4.79 Å². The van der Waals surface area contributed by atoms with Gasteiger partial charge in [-0.2, -0.15) is 0 Å². The highest BCUT2D eigenvalue weighted by Crippen LogP contribution is 2.37. The molecule has 3 unspecified atom stereocenters. The smallest absolute Gasteiger partial charge is 0.149 e. The van der Waals surface area contributed by atoms with E-state index in [0.717, 1.165) is 31.2 Å². The number of nitrogens with zero attached hydrogens (tertiary/aromatic N) is 1. The number of hydrogen-bond acceptors (Lipinski definition) is 2. The molecule has 0 spiro atoms. The van der Waals surface area contributed by atoms with Crippen molar-refractivity contribution in [2.24, 2.45) is 5.92 Å². The normalized spacial score (nSPS) is 40.0. The Bertz CT molecular complexity index is 287. The van der Waals surface area contributed by atoms with Crippen LogP contribution in [0.3, 0.4) is 0 Å². The maximum atomic E-state index is 12.1. The average Bonchev–Trinajstić information content (AvgIpc) is 2.39. The van der Waals surface area contributed by atoms with Crippen LogP contribution in [0.25, 0.3) is 0 Å². The molecule has 2 saturated carbocycles. The number of likely N-dealkylation sites (tertiary alicyclic amines) is 1. The lowest BCUT2D eigenvalue weighted by Gasteiger charge is -2.48. The van der Waals surface area contributed by atoms with Crippen molar-refractivity contribution in [3.63, 3.8) is 0 Å². The SMILES string of the molecule is O=C1CCCCC1N1CCCC2CCCCC21. The molecule has 3 aliphatic rings. The summed E-state index contributed by atoms with van der Waals surface area (Å²) in [4.78, 5) is 14.7. The molecule has 0 aromatic heterocycles. The fourth-order valence-electron chi connectivity index (χ4n) is 4.37. The largest absolute Gasteiger partial charge is 0.298 e. The molecule has 1 heterocycles. The third kappa shape index (κ3) is 2.29. The standard InChI is InChI=1S/C15H25NO/c17-15-10-4-3-9-14(15)16-11-5-7-12-6-1-2-8-13(12)16/h12-14H,1-11H2. The molecule has 0 aromatic carbocycles. The second kappa shape index (κ2) is 5.09. The summed E-state index contributed by atoms with van der Waals surface area (Å²) in [6.45, 7) is 1.19. The summed E-state index contributed by atoms with van der Waals surface area (Å²) in [5.41, 5.74) is 0. The van der Waals surface area contributed by atoms with Crippen molar-refractivity contribution >= 4 is 5.78 Å². The summed E-state index contributed by atoms with van der Waals surface area (Å²) in [6, 6.07) is 1.05. The van der Waals surface area contributed by atoms with Crippen molar-refractivity contribution in [1.82, 2.24) is 4.90 Å². The van der Waals surface area contributed by atoms with Crippen LogP contribution in [-0.2, 0) is 4.79 Å². The molecule has 2 heteroatoms. The molecule has 2 aliphatic carbocycles. The molecule has 0 amide bonds. The van der Waals surface area contributed by atoms with Gasteiger partial charge in [-0.1, -0.05) is 19.3 Å². The van der Waals surface area contributed by atoms with Gasteiger partial charge in [-0.05, 0) is 51.0 Å². The van der Waals surface area contributed by atoms with Gasteiger partial charge in [-0.3, -0.25) is 9.69 Å². The van der Waals surface area contributed by atoms with Gasteiger partial charge in [-0.25, -0.2) is 0 Å². The first kappa shape index (κ1) is 11.7. The van der Waals surface area contributed by atoms with E-state index < -0.39 is 0 Å². The third-order valence-corrected chi connectivity index (χ3v) is 5.21. The van der Waals surface area contributed by atoms with Gasteiger partial charge < -0.3 is 0 Å². The number of hydrogen-bond donors (Lipinski definition) is 0. The molecule has 3 fully saturated rings. The molecule has 0 radical (unpaired) electrons. The van der Waals surface area contributed by atoms with Gasteiger partial charge >= 0.3 is 0 Å². The van der Waals surface area contributed by atoms with Gasteiger partial charge in [-0.15, -0.1) is 0 Å². The minimum absolute atomic E-state index is 0.301. The molecule has 0 bridgehead atoms. The first-order valence-electron chi connectivity index (χ1n) is 7.65. The van der Waals surface area contributed by atoms with E-state index in [1.807, 2.05) is 0 Å². The monoisotopic (exact) mass is 235 g/mol. The van der Waals surface area contributed by atoms with Gasteiger partial charge in [0.25, 0.3) is 0 Å². The molecule has 0 N–H and O–H groups in total. The van der Waals surface area contributed by atoms with E-state index in [2.05, 4.69) is 4.90 Å². The predicted octanol–water partition coefficient (Wildman–Crippen LogP) is 3.15. The van der Waals surface area contributed by atoms with Crippen LogP contribution in [0.5, 0.6) is 0 Å². The number of piperidine rings is 1. The lowest BCUT2D eigenvalue weighted by molar-refractivity contribution is -0.129. The molecule has 96 valence electrons. The Morgan fingerprint density at radius 3 is 2.53 bits per heavy atom. The first-order chi connectivity index (χ1) is 8.36. The fourth-order valence-corrected chi connectivity index (χ4v) is 4.37. The van der Waals surface area contributed by atoms with Crippen LogP contribution in [0.15, 0.2) is 0 Å². The number of carbonyl (C=O) groups is 1. The Morgan fingerprint density at radius 1 is 0.882 bits per heavy atom. The number of ketones is 1. The first-order valence-corrected chi connectivity index (χ1v) is 7.65. The molecule has 2 nitrogen and oxygen atoms in total. The lowest BCUT2D eigenvalue weighted by Crippen LogP contribution is -2.54. The van der Waals surface area contributed by atoms with Crippen LogP contribution < -0.4 is 0 Å². The molecule has 3 rings (SSSR count). The van der Waals surface area contributed by atoms with Crippen LogP contribution >= 0.6 is 0 Å². The topological polar surface area (TPSA) is 20.3 Å². The summed E-state index contributed by atoms with van der Waals surface area (Å²) in [5.74, 6) is 1.45. The second-order valence-corrected chi connectivity index (χ2v) is 6.22. The van der Waals surface area contributed by atoms with Crippen LogP contribution in [-0.4, -0.2) is 29.3 Å². The summed E-state index contributed by atoms with van der Waals surface area (Å²) >= 11 is 0. The minimum Gasteiger partial charge on any atom is -0.298 e. The van der Waals surface area contributed by atoms with E-state index in [1.165, 1.54) is 51.5 Å². The summed E-state index contributed by atoms with van der Waals surface area (Å²) in [6.07, 6.45) is 12.7. The van der Waals surface area contributed by atoms with E-state index in [4.69, 9.17) is 0 Å². The number of fused-ring (bicyclic) bond motifs is 1. The van der Waals surface area contributed by atoms with Gasteiger partial charge in [0.2, 0.25) is 0 Å². The number of rotatable bonds is 1. The van der Waals surface area contributed by atoms with E-state index in [1.54, 1.807) is 0 Å². The maximum Gasteiger partial charge on any atom is 0.149 e. The Labute approximate surface area is 105 Å². The molecule has 1 aliphatic heterocycles. The van der Waals surface area contributed by atoms with Gasteiger partial charge in [0.05, 0.1) is 6.04 Å². The molecular formula is C15H25NO. The zero-order chi connectivity index (χ0) is 11.7. The van der Waals surface area contributed by atoms with Gasteiger partial charge in [0, 0.05) is 12.5 Å².